The highest BCUT2D eigenvalue weighted by Crippen LogP contribution is 2.30. The van der Waals surface area contributed by atoms with Gasteiger partial charge >= 0.3 is 0 Å². The van der Waals surface area contributed by atoms with Crippen LogP contribution in [-0.4, -0.2) is 51.3 Å². The van der Waals surface area contributed by atoms with E-state index in [9.17, 15) is 5.11 Å². The molecule has 3 aromatic heterocycles. The third-order valence-electron chi connectivity index (χ3n) is 6.69. The number of aromatic hydroxyl groups is 1. The van der Waals surface area contributed by atoms with Crippen LogP contribution in [0, 0.1) is 0 Å². The van der Waals surface area contributed by atoms with E-state index in [1.54, 1.807) is 18.3 Å². The smallest absolute Gasteiger partial charge is 0.137 e. The number of phenolic OH excluding ortho intramolecular Hbond substituents is 1. The first-order valence-electron chi connectivity index (χ1n) is 12.9. The SMILES string of the molecule is Oc1cccc(CN(c2ccncn2)c2cccc(-c3cncc(-c4cccc(N5CCOCC5)c4)c3)n2)c1. The van der Waals surface area contributed by atoms with Gasteiger partial charge in [0.15, 0.2) is 0 Å². The fourth-order valence-corrected chi connectivity index (χ4v) is 4.74. The summed E-state index contributed by atoms with van der Waals surface area (Å²) in [6.07, 6.45) is 6.96. The molecule has 194 valence electrons. The molecule has 6 rings (SSSR count). The van der Waals surface area contributed by atoms with Crippen LogP contribution in [0.5, 0.6) is 5.75 Å². The van der Waals surface area contributed by atoms with Gasteiger partial charge in [-0.15, -0.1) is 0 Å². The number of aromatic nitrogens is 4. The molecule has 8 nitrogen and oxygen atoms in total. The fourth-order valence-electron chi connectivity index (χ4n) is 4.74. The number of benzene rings is 2. The minimum atomic E-state index is 0.220. The van der Waals surface area contributed by atoms with Crippen molar-refractivity contribution in [1.82, 2.24) is 19.9 Å². The zero-order valence-electron chi connectivity index (χ0n) is 21.4. The summed E-state index contributed by atoms with van der Waals surface area (Å²) in [5.74, 6) is 1.66. The molecule has 0 unspecified atom stereocenters. The van der Waals surface area contributed by atoms with Crippen molar-refractivity contribution in [2.24, 2.45) is 0 Å². The van der Waals surface area contributed by atoms with E-state index >= 15 is 0 Å². The Morgan fingerprint density at radius 2 is 1.64 bits per heavy atom. The van der Waals surface area contributed by atoms with Gasteiger partial charge in [-0.25, -0.2) is 15.0 Å². The molecule has 0 spiro atoms. The second-order valence-electron chi connectivity index (χ2n) is 9.32. The molecule has 5 aromatic rings. The monoisotopic (exact) mass is 516 g/mol. The van der Waals surface area contributed by atoms with Gasteiger partial charge in [-0.2, -0.15) is 0 Å². The number of phenols is 1. The van der Waals surface area contributed by atoms with Crippen LogP contribution >= 0.6 is 0 Å². The summed E-state index contributed by atoms with van der Waals surface area (Å²) in [4.78, 5) is 22.4. The highest BCUT2D eigenvalue weighted by atomic mass is 16.5. The van der Waals surface area contributed by atoms with Crippen molar-refractivity contribution in [1.29, 1.82) is 0 Å². The Balaban J connectivity index is 1.32. The van der Waals surface area contributed by atoms with Gasteiger partial charge in [0.2, 0.25) is 0 Å². The average Bonchev–Trinajstić information content (AvgIpc) is 3.01. The number of ether oxygens (including phenoxy) is 1. The Morgan fingerprint density at radius 3 is 2.49 bits per heavy atom. The maximum atomic E-state index is 10.00. The molecule has 0 atom stereocenters. The summed E-state index contributed by atoms with van der Waals surface area (Å²) in [6.45, 7) is 3.77. The molecule has 0 radical (unpaired) electrons. The number of morpholine rings is 1. The van der Waals surface area contributed by atoms with Crippen LogP contribution < -0.4 is 9.80 Å². The molecule has 0 amide bonds. The van der Waals surface area contributed by atoms with E-state index < -0.39 is 0 Å². The quantitative estimate of drug-likeness (QED) is 0.304. The first-order valence-corrected chi connectivity index (χ1v) is 12.9. The lowest BCUT2D eigenvalue weighted by Gasteiger charge is -2.29. The van der Waals surface area contributed by atoms with E-state index in [4.69, 9.17) is 9.72 Å². The Bertz CT molecular complexity index is 1560. The van der Waals surface area contributed by atoms with Gasteiger partial charge in [-0.1, -0.05) is 30.3 Å². The maximum Gasteiger partial charge on any atom is 0.137 e. The molecule has 8 heteroatoms. The minimum absolute atomic E-state index is 0.220. The number of hydrogen-bond donors (Lipinski definition) is 1. The predicted molar refractivity (Wildman–Crippen MR) is 152 cm³/mol. The van der Waals surface area contributed by atoms with Crippen molar-refractivity contribution < 1.29 is 9.84 Å². The van der Waals surface area contributed by atoms with E-state index in [1.807, 2.05) is 53.7 Å². The van der Waals surface area contributed by atoms with Crippen LogP contribution in [-0.2, 0) is 11.3 Å². The van der Waals surface area contributed by atoms with Gasteiger partial charge in [0, 0.05) is 48.5 Å². The van der Waals surface area contributed by atoms with E-state index in [-0.39, 0.29) is 5.75 Å². The van der Waals surface area contributed by atoms with E-state index in [2.05, 4.69) is 50.2 Å². The van der Waals surface area contributed by atoms with Crippen LogP contribution in [0.2, 0.25) is 0 Å². The number of hydrogen-bond acceptors (Lipinski definition) is 8. The highest BCUT2D eigenvalue weighted by molar-refractivity contribution is 5.73. The molecule has 4 heterocycles. The molecule has 0 saturated carbocycles. The molecule has 39 heavy (non-hydrogen) atoms. The van der Waals surface area contributed by atoms with Crippen molar-refractivity contribution in [3.05, 3.63) is 109 Å². The Labute approximate surface area is 227 Å². The normalized spacial score (nSPS) is 13.3. The van der Waals surface area contributed by atoms with E-state index in [1.165, 1.54) is 12.0 Å². The Kier molecular flexibility index (Phi) is 7.09. The van der Waals surface area contributed by atoms with Crippen LogP contribution in [0.4, 0.5) is 17.3 Å². The van der Waals surface area contributed by atoms with Gasteiger partial charge in [-0.3, -0.25) is 4.98 Å². The molecule has 1 saturated heterocycles. The van der Waals surface area contributed by atoms with Gasteiger partial charge in [0.1, 0.15) is 23.7 Å². The molecular formula is C31H28N6O2. The highest BCUT2D eigenvalue weighted by Gasteiger charge is 2.16. The largest absolute Gasteiger partial charge is 0.508 e. The lowest BCUT2D eigenvalue weighted by molar-refractivity contribution is 0.122. The molecule has 0 bridgehead atoms. The van der Waals surface area contributed by atoms with Crippen LogP contribution in [0.25, 0.3) is 22.4 Å². The third kappa shape index (κ3) is 5.71. The third-order valence-corrected chi connectivity index (χ3v) is 6.69. The fraction of sp³-hybridized carbons (Fsp3) is 0.161. The molecular weight excluding hydrogens is 488 g/mol. The molecule has 1 N–H and O–H groups in total. The van der Waals surface area contributed by atoms with Gasteiger partial charge in [0.25, 0.3) is 0 Å². The van der Waals surface area contributed by atoms with E-state index in [0.29, 0.717) is 12.4 Å². The topological polar surface area (TPSA) is 87.5 Å². The summed E-state index contributed by atoms with van der Waals surface area (Å²) in [6, 6.07) is 25.7. The molecule has 1 aliphatic rings. The van der Waals surface area contributed by atoms with Crippen molar-refractivity contribution in [3.63, 3.8) is 0 Å². The summed E-state index contributed by atoms with van der Waals surface area (Å²) < 4.78 is 5.51. The standard InChI is InChI=1S/C31H28N6O2/c38-28-7-1-4-23(16-28)21-37(30-10-11-32-22-34-30)31-9-3-8-29(35-31)26-17-25(19-33-20-26)24-5-2-6-27(18-24)36-12-14-39-15-13-36/h1-11,16-20,22,38H,12-15,21H2. The van der Waals surface area contributed by atoms with Crippen molar-refractivity contribution in [2.45, 2.75) is 6.54 Å². The number of nitrogens with zero attached hydrogens (tertiary/aromatic N) is 6. The summed E-state index contributed by atoms with van der Waals surface area (Å²) in [7, 11) is 0. The van der Waals surface area contributed by atoms with Crippen molar-refractivity contribution in [3.8, 4) is 28.1 Å². The zero-order valence-corrected chi connectivity index (χ0v) is 21.4. The van der Waals surface area contributed by atoms with Crippen molar-refractivity contribution >= 4 is 17.3 Å². The first-order chi connectivity index (χ1) is 19.2. The second kappa shape index (κ2) is 11.3. The van der Waals surface area contributed by atoms with Crippen LogP contribution in [0.15, 0.2) is 104 Å². The summed E-state index contributed by atoms with van der Waals surface area (Å²) in [5.41, 5.74) is 5.99. The van der Waals surface area contributed by atoms with Crippen molar-refractivity contribution in [2.75, 3.05) is 36.1 Å². The van der Waals surface area contributed by atoms with Gasteiger partial charge in [-0.05, 0) is 59.7 Å². The Hall–Kier alpha value is -4.82. The molecule has 0 aliphatic carbocycles. The van der Waals surface area contributed by atoms with Crippen LogP contribution in [0.1, 0.15) is 5.56 Å². The zero-order chi connectivity index (χ0) is 26.4. The number of rotatable bonds is 7. The lowest BCUT2D eigenvalue weighted by atomic mass is 10.0. The lowest BCUT2D eigenvalue weighted by Crippen LogP contribution is -2.36. The summed E-state index contributed by atoms with van der Waals surface area (Å²) >= 11 is 0. The van der Waals surface area contributed by atoms with Crippen LogP contribution in [0.3, 0.4) is 0 Å². The van der Waals surface area contributed by atoms with E-state index in [0.717, 1.165) is 60.1 Å². The first kappa shape index (κ1) is 24.5. The predicted octanol–water partition coefficient (Wildman–Crippen LogP) is 5.48. The molecule has 2 aromatic carbocycles. The maximum absolute atomic E-state index is 10.00. The second-order valence-corrected chi connectivity index (χ2v) is 9.32. The number of pyridine rings is 2. The minimum Gasteiger partial charge on any atom is -0.508 e. The molecule has 1 fully saturated rings. The Morgan fingerprint density at radius 1 is 0.795 bits per heavy atom. The average molecular weight is 517 g/mol. The number of anilines is 3. The summed E-state index contributed by atoms with van der Waals surface area (Å²) in [5, 5.41) is 10.00. The van der Waals surface area contributed by atoms with Gasteiger partial charge < -0.3 is 19.6 Å². The van der Waals surface area contributed by atoms with Gasteiger partial charge in [0.05, 0.1) is 25.5 Å². The molecule has 1 aliphatic heterocycles.